The highest BCUT2D eigenvalue weighted by Gasteiger charge is 2.23. The molecule has 1 aromatic carbocycles. The summed E-state index contributed by atoms with van der Waals surface area (Å²) >= 11 is 0. The molecule has 0 aliphatic heterocycles. The minimum Gasteiger partial charge on any atom is -0.496 e. The van der Waals surface area contributed by atoms with Gasteiger partial charge < -0.3 is 14.5 Å². The quantitative estimate of drug-likeness (QED) is 0.653. The zero-order chi connectivity index (χ0) is 15.4. The van der Waals surface area contributed by atoms with Crippen molar-refractivity contribution < 1.29 is 14.1 Å². The molecule has 21 heavy (non-hydrogen) atoms. The van der Waals surface area contributed by atoms with Crippen LogP contribution in [-0.4, -0.2) is 18.6 Å². The Morgan fingerprint density at radius 1 is 1.38 bits per heavy atom. The Balaban J connectivity index is 2.47. The molecule has 6 heteroatoms. The Morgan fingerprint density at radius 2 is 2.14 bits per heavy atom. The number of aryl methyl sites for hydroxylation is 1. The molecule has 0 spiro atoms. The lowest BCUT2D eigenvalue weighted by Gasteiger charge is -2.19. The highest BCUT2D eigenvalue weighted by atomic mass is 16.6. The molecule has 0 saturated carbocycles. The van der Waals surface area contributed by atoms with Gasteiger partial charge in [0, 0.05) is 5.56 Å². The molecule has 0 bridgehead atoms. The second kappa shape index (κ2) is 6.41. The van der Waals surface area contributed by atoms with E-state index in [4.69, 9.17) is 9.15 Å². The van der Waals surface area contributed by atoms with E-state index in [-0.39, 0.29) is 11.9 Å². The van der Waals surface area contributed by atoms with Crippen molar-refractivity contribution in [2.24, 2.45) is 0 Å². The van der Waals surface area contributed by atoms with E-state index < -0.39 is 4.92 Å². The van der Waals surface area contributed by atoms with Crippen LogP contribution >= 0.6 is 0 Å². The first-order valence-electron chi connectivity index (χ1n) is 6.68. The van der Waals surface area contributed by atoms with Crippen LogP contribution in [0.5, 0.6) is 5.75 Å². The summed E-state index contributed by atoms with van der Waals surface area (Å²) in [5, 5.41) is 14.0. The fourth-order valence-electron chi connectivity index (χ4n) is 2.24. The molecule has 0 saturated heterocycles. The number of furan rings is 1. The molecule has 2 rings (SSSR count). The van der Waals surface area contributed by atoms with Crippen LogP contribution in [0.25, 0.3) is 0 Å². The maximum Gasteiger partial charge on any atom is 0.433 e. The van der Waals surface area contributed by atoms with Crippen molar-refractivity contribution in [3.05, 3.63) is 57.3 Å². The Labute approximate surface area is 122 Å². The van der Waals surface area contributed by atoms with Crippen LogP contribution in [-0.2, 0) is 0 Å². The van der Waals surface area contributed by atoms with Crippen LogP contribution in [0.2, 0.25) is 0 Å². The lowest BCUT2D eigenvalue weighted by atomic mass is 10.0. The predicted octanol–water partition coefficient (Wildman–Crippen LogP) is 3.20. The van der Waals surface area contributed by atoms with Crippen molar-refractivity contribution in [1.29, 1.82) is 0 Å². The largest absolute Gasteiger partial charge is 0.496 e. The molecule has 0 aliphatic carbocycles. The monoisotopic (exact) mass is 290 g/mol. The topological polar surface area (TPSA) is 77.5 Å². The molecule has 0 fully saturated rings. The predicted molar refractivity (Wildman–Crippen MR) is 78.6 cm³/mol. The summed E-state index contributed by atoms with van der Waals surface area (Å²) < 4.78 is 10.7. The van der Waals surface area contributed by atoms with Gasteiger partial charge in [0.2, 0.25) is 0 Å². The molecule has 6 nitrogen and oxygen atoms in total. The summed E-state index contributed by atoms with van der Waals surface area (Å²) in [6.45, 7) is 4.64. The van der Waals surface area contributed by atoms with E-state index in [2.05, 4.69) is 5.32 Å². The first-order chi connectivity index (χ1) is 10.1. The van der Waals surface area contributed by atoms with E-state index in [1.807, 2.05) is 32.0 Å². The molecular weight excluding hydrogens is 272 g/mol. The number of nitro groups is 1. The van der Waals surface area contributed by atoms with Gasteiger partial charge in [0.05, 0.1) is 19.2 Å². The molecule has 1 unspecified atom stereocenters. The molecule has 1 N–H and O–H groups in total. The molecule has 0 amide bonds. The van der Waals surface area contributed by atoms with Gasteiger partial charge in [-0.1, -0.05) is 24.6 Å². The third kappa shape index (κ3) is 3.22. The van der Waals surface area contributed by atoms with Gasteiger partial charge in [-0.25, -0.2) is 0 Å². The Kier molecular flexibility index (Phi) is 4.59. The average Bonchev–Trinajstić information content (AvgIpc) is 2.94. The number of methoxy groups -OCH3 is 1. The van der Waals surface area contributed by atoms with Gasteiger partial charge in [0.1, 0.15) is 16.4 Å². The minimum absolute atomic E-state index is 0.264. The van der Waals surface area contributed by atoms with E-state index in [0.29, 0.717) is 18.1 Å². The maximum absolute atomic E-state index is 10.8. The van der Waals surface area contributed by atoms with Crippen LogP contribution in [0.3, 0.4) is 0 Å². The maximum atomic E-state index is 10.8. The molecule has 112 valence electrons. The lowest BCUT2D eigenvalue weighted by Crippen LogP contribution is -2.22. The summed E-state index contributed by atoms with van der Waals surface area (Å²) in [5.41, 5.74) is 1.97. The Bertz CT molecular complexity index is 636. The SMILES string of the molecule is CCNC(c1ccc([N+](=O)[O-])o1)c1cc(C)ccc1OC. The Morgan fingerprint density at radius 3 is 2.71 bits per heavy atom. The number of nitrogens with one attached hydrogen (secondary N) is 1. The van der Waals surface area contributed by atoms with Gasteiger partial charge in [0.15, 0.2) is 0 Å². The second-order valence-corrected chi connectivity index (χ2v) is 4.67. The van der Waals surface area contributed by atoms with Crippen molar-refractivity contribution in [3.8, 4) is 5.75 Å². The van der Waals surface area contributed by atoms with Gasteiger partial charge in [0.25, 0.3) is 0 Å². The van der Waals surface area contributed by atoms with Gasteiger partial charge in [-0.3, -0.25) is 10.1 Å². The van der Waals surface area contributed by atoms with Crippen molar-refractivity contribution in [2.45, 2.75) is 19.9 Å². The average molecular weight is 290 g/mol. The first kappa shape index (κ1) is 15.1. The highest BCUT2D eigenvalue weighted by molar-refractivity contribution is 5.42. The molecule has 1 aromatic heterocycles. The number of ether oxygens (including phenoxy) is 1. The smallest absolute Gasteiger partial charge is 0.433 e. The Hall–Kier alpha value is -2.34. The molecule has 0 radical (unpaired) electrons. The van der Waals surface area contributed by atoms with Gasteiger partial charge in [-0.05, 0) is 25.6 Å². The molecule has 1 heterocycles. The van der Waals surface area contributed by atoms with Crippen LogP contribution in [0.15, 0.2) is 34.7 Å². The zero-order valence-electron chi connectivity index (χ0n) is 12.3. The van der Waals surface area contributed by atoms with E-state index in [0.717, 1.165) is 11.1 Å². The normalized spacial score (nSPS) is 12.1. The van der Waals surface area contributed by atoms with Crippen LogP contribution in [0.1, 0.15) is 29.9 Å². The number of rotatable bonds is 6. The second-order valence-electron chi connectivity index (χ2n) is 4.67. The zero-order valence-corrected chi connectivity index (χ0v) is 12.3. The lowest BCUT2D eigenvalue weighted by molar-refractivity contribution is -0.402. The number of hydrogen-bond donors (Lipinski definition) is 1. The summed E-state index contributed by atoms with van der Waals surface area (Å²) in [6, 6.07) is 8.51. The van der Waals surface area contributed by atoms with Crippen molar-refractivity contribution in [1.82, 2.24) is 5.32 Å². The van der Waals surface area contributed by atoms with Crippen molar-refractivity contribution in [3.63, 3.8) is 0 Å². The summed E-state index contributed by atoms with van der Waals surface area (Å²) in [7, 11) is 1.60. The van der Waals surface area contributed by atoms with Crippen molar-refractivity contribution in [2.75, 3.05) is 13.7 Å². The molecule has 0 aliphatic rings. The number of nitrogens with zero attached hydrogens (tertiary/aromatic N) is 1. The van der Waals surface area contributed by atoms with Crippen LogP contribution in [0, 0.1) is 17.0 Å². The third-order valence-corrected chi connectivity index (χ3v) is 3.18. The van der Waals surface area contributed by atoms with E-state index >= 15 is 0 Å². The summed E-state index contributed by atoms with van der Waals surface area (Å²) in [4.78, 5) is 10.2. The van der Waals surface area contributed by atoms with E-state index in [1.165, 1.54) is 6.07 Å². The number of benzene rings is 1. The van der Waals surface area contributed by atoms with Gasteiger partial charge >= 0.3 is 5.88 Å². The van der Waals surface area contributed by atoms with Gasteiger partial charge in [-0.15, -0.1) is 0 Å². The fourth-order valence-corrected chi connectivity index (χ4v) is 2.24. The van der Waals surface area contributed by atoms with Crippen molar-refractivity contribution >= 4 is 5.88 Å². The number of hydrogen-bond acceptors (Lipinski definition) is 5. The van der Waals surface area contributed by atoms with Crippen LogP contribution < -0.4 is 10.1 Å². The summed E-state index contributed by atoms with van der Waals surface area (Å²) in [6.07, 6.45) is 0. The molecular formula is C15H18N2O4. The molecule has 1 atom stereocenters. The summed E-state index contributed by atoms with van der Waals surface area (Å²) in [5.74, 6) is 0.942. The minimum atomic E-state index is -0.542. The highest BCUT2D eigenvalue weighted by Crippen LogP contribution is 2.33. The third-order valence-electron chi connectivity index (χ3n) is 3.18. The standard InChI is InChI=1S/C15H18N2O4/c1-4-16-15(13-7-8-14(21-13)17(18)19)11-9-10(2)5-6-12(11)20-3/h5-9,15-16H,4H2,1-3H3. The van der Waals surface area contributed by atoms with Gasteiger partial charge in [-0.2, -0.15) is 0 Å². The van der Waals surface area contributed by atoms with E-state index in [9.17, 15) is 10.1 Å². The molecule has 2 aromatic rings. The fraction of sp³-hybridized carbons (Fsp3) is 0.333. The van der Waals surface area contributed by atoms with Crippen LogP contribution in [0.4, 0.5) is 5.88 Å². The first-order valence-corrected chi connectivity index (χ1v) is 6.68. The van der Waals surface area contributed by atoms with E-state index in [1.54, 1.807) is 13.2 Å².